The summed E-state index contributed by atoms with van der Waals surface area (Å²) in [6, 6.07) is 9.06. The van der Waals surface area contributed by atoms with E-state index in [1.54, 1.807) is 0 Å². The smallest absolute Gasteiger partial charge is 0.251 e. The van der Waals surface area contributed by atoms with Crippen LogP contribution in [0.1, 0.15) is 11.3 Å². The standard InChI is InChI=1S/C12H11ClN2OS/c1-17-12-14-10(7-11(16)15-12)6-8-2-4-9(13)5-3-8/h2-5,7H,6H2,1H3,(H,14,15,16). The molecule has 1 aromatic heterocycles. The lowest BCUT2D eigenvalue weighted by Gasteiger charge is -2.02. The van der Waals surface area contributed by atoms with Crippen LogP contribution in [0.4, 0.5) is 0 Å². The zero-order valence-corrected chi connectivity index (χ0v) is 10.8. The molecule has 0 saturated heterocycles. The number of hydrogen-bond acceptors (Lipinski definition) is 3. The van der Waals surface area contributed by atoms with Crippen molar-refractivity contribution in [2.75, 3.05) is 6.26 Å². The van der Waals surface area contributed by atoms with Crippen molar-refractivity contribution in [2.24, 2.45) is 0 Å². The van der Waals surface area contributed by atoms with E-state index in [9.17, 15) is 4.79 Å². The van der Waals surface area contributed by atoms with Gasteiger partial charge in [0.1, 0.15) is 0 Å². The van der Waals surface area contributed by atoms with Crippen molar-refractivity contribution < 1.29 is 0 Å². The third-order valence-corrected chi connectivity index (χ3v) is 3.10. The number of halogens is 1. The molecule has 0 aliphatic carbocycles. The molecule has 2 aromatic rings. The van der Waals surface area contributed by atoms with Gasteiger partial charge in [-0.15, -0.1) is 0 Å². The number of H-pyrrole nitrogens is 1. The van der Waals surface area contributed by atoms with Crippen LogP contribution in [0.2, 0.25) is 5.02 Å². The summed E-state index contributed by atoms with van der Waals surface area (Å²) in [5, 5.41) is 1.35. The first-order valence-electron chi connectivity index (χ1n) is 5.06. The molecule has 1 aromatic carbocycles. The second-order valence-electron chi connectivity index (χ2n) is 3.55. The highest BCUT2D eigenvalue weighted by atomic mass is 35.5. The molecule has 0 spiro atoms. The van der Waals surface area contributed by atoms with Gasteiger partial charge in [0.15, 0.2) is 5.16 Å². The van der Waals surface area contributed by atoms with Crippen molar-refractivity contribution in [2.45, 2.75) is 11.6 Å². The van der Waals surface area contributed by atoms with Crippen LogP contribution in [0.25, 0.3) is 0 Å². The molecular weight excluding hydrogens is 256 g/mol. The summed E-state index contributed by atoms with van der Waals surface area (Å²) in [4.78, 5) is 18.4. The van der Waals surface area contributed by atoms with Gasteiger partial charge in [-0.2, -0.15) is 0 Å². The molecule has 88 valence electrons. The van der Waals surface area contributed by atoms with Gasteiger partial charge in [0.05, 0.1) is 5.69 Å². The zero-order chi connectivity index (χ0) is 12.3. The SMILES string of the molecule is CSc1nc(Cc2ccc(Cl)cc2)cc(=O)[nH]1. The highest BCUT2D eigenvalue weighted by Gasteiger charge is 2.02. The fourth-order valence-electron chi connectivity index (χ4n) is 1.48. The first kappa shape index (κ1) is 12.2. The molecule has 0 bridgehead atoms. The topological polar surface area (TPSA) is 45.8 Å². The van der Waals surface area contributed by atoms with Gasteiger partial charge >= 0.3 is 0 Å². The molecule has 0 aliphatic rings. The molecule has 0 atom stereocenters. The van der Waals surface area contributed by atoms with Gasteiger partial charge in [-0.3, -0.25) is 4.79 Å². The van der Waals surface area contributed by atoms with E-state index >= 15 is 0 Å². The molecule has 3 nitrogen and oxygen atoms in total. The molecule has 0 unspecified atom stereocenters. The predicted octanol–water partition coefficient (Wildman–Crippen LogP) is 2.74. The highest BCUT2D eigenvalue weighted by Crippen LogP contribution is 2.13. The Kier molecular flexibility index (Phi) is 3.86. The molecule has 0 amide bonds. The van der Waals surface area contributed by atoms with Crippen LogP contribution in [0.15, 0.2) is 40.3 Å². The molecule has 0 aliphatic heterocycles. The van der Waals surface area contributed by atoms with Crippen molar-refractivity contribution in [3.8, 4) is 0 Å². The van der Waals surface area contributed by atoms with Crippen LogP contribution in [0.5, 0.6) is 0 Å². The van der Waals surface area contributed by atoms with Gasteiger partial charge in [-0.25, -0.2) is 4.98 Å². The van der Waals surface area contributed by atoms with Crippen LogP contribution < -0.4 is 5.56 Å². The van der Waals surface area contributed by atoms with Crippen molar-refractivity contribution in [1.29, 1.82) is 0 Å². The number of rotatable bonds is 3. The Labute approximate surface area is 108 Å². The molecule has 0 saturated carbocycles. The van der Waals surface area contributed by atoms with E-state index in [0.717, 1.165) is 11.3 Å². The Balaban J connectivity index is 2.26. The minimum absolute atomic E-state index is 0.117. The van der Waals surface area contributed by atoms with Gasteiger partial charge in [0.25, 0.3) is 5.56 Å². The molecule has 1 N–H and O–H groups in total. The van der Waals surface area contributed by atoms with Gasteiger partial charge in [-0.1, -0.05) is 35.5 Å². The number of aromatic amines is 1. The van der Waals surface area contributed by atoms with Crippen LogP contribution in [-0.2, 0) is 6.42 Å². The van der Waals surface area contributed by atoms with Gasteiger partial charge < -0.3 is 4.98 Å². The molecule has 5 heteroatoms. The Morgan fingerprint density at radius 3 is 2.71 bits per heavy atom. The third-order valence-electron chi connectivity index (χ3n) is 2.26. The van der Waals surface area contributed by atoms with E-state index < -0.39 is 0 Å². The van der Waals surface area contributed by atoms with E-state index in [4.69, 9.17) is 11.6 Å². The summed E-state index contributed by atoms with van der Waals surface area (Å²) in [5.41, 5.74) is 1.73. The molecule has 0 fully saturated rings. The van der Waals surface area contributed by atoms with Crippen LogP contribution in [0.3, 0.4) is 0 Å². The fourth-order valence-corrected chi connectivity index (χ4v) is 2.02. The first-order valence-corrected chi connectivity index (χ1v) is 6.66. The maximum atomic E-state index is 11.4. The van der Waals surface area contributed by atoms with E-state index in [-0.39, 0.29) is 5.56 Å². The fraction of sp³-hybridized carbons (Fsp3) is 0.167. The van der Waals surface area contributed by atoms with Crippen molar-refractivity contribution in [3.05, 3.63) is 57.0 Å². The number of benzene rings is 1. The predicted molar refractivity (Wildman–Crippen MR) is 70.9 cm³/mol. The minimum Gasteiger partial charge on any atom is -0.301 e. The summed E-state index contributed by atoms with van der Waals surface area (Å²) in [7, 11) is 0. The molecular formula is C12H11ClN2OS. The Hall–Kier alpha value is -1.26. The highest BCUT2D eigenvalue weighted by molar-refractivity contribution is 7.98. The largest absolute Gasteiger partial charge is 0.301 e. The number of nitrogens with zero attached hydrogens (tertiary/aromatic N) is 1. The van der Waals surface area contributed by atoms with Gasteiger partial charge in [-0.05, 0) is 24.0 Å². The van der Waals surface area contributed by atoms with Gasteiger partial charge in [0.2, 0.25) is 0 Å². The monoisotopic (exact) mass is 266 g/mol. The van der Waals surface area contributed by atoms with Crippen LogP contribution in [-0.4, -0.2) is 16.2 Å². The molecule has 2 rings (SSSR count). The minimum atomic E-state index is -0.117. The number of nitrogens with one attached hydrogen (secondary N) is 1. The molecule has 1 heterocycles. The van der Waals surface area contributed by atoms with E-state index in [0.29, 0.717) is 16.6 Å². The maximum absolute atomic E-state index is 11.4. The third kappa shape index (κ3) is 3.35. The summed E-state index contributed by atoms with van der Waals surface area (Å²) in [6.07, 6.45) is 2.51. The normalized spacial score (nSPS) is 10.5. The average Bonchev–Trinajstić information content (AvgIpc) is 2.31. The zero-order valence-electron chi connectivity index (χ0n) is 9.24. The van der Waals surface area contributed by atoms with E-state index in [1.165, 1.54) is 17.8 Å². The van der Waals surface area contributed by atoms with Crippen molar-refractivity contribution in [3.63, 3.8) is 0 Å². The van der Waals surface area contributed by atoms with Crippen molar-refractivity contribution >= 4 is 23.4 Å². The first-order chi connectivity index (χ1) is 8.17. The summed E-state index contributed by atoms with van der Waals surface area (Å²) < 4.78 is 0. The molecule has 0 radical (unpaired) electrons. The van der Waals surface area contributed by atoms with Crippen molar-refractivity contribution in [1.82, 2.24) is 9.97 Å². The summed E-state index contributed by atoms with van der Waals surface area (Å²) in [5.74, 6) is 0. The molecule has 17 heavy (non-hydrogen) atoms. The van der Waals surface area contributed by atoms with Crippen LogP contribution in [0, 0.1) is 0 Å². The quantitative estimate of drug-likeness (QED) is 0.686. The lowest BCUT2D eigenvalue weighted by Crippen LogP contribution is -2.10. The number of thioether (sulfide) groups is 1. The lowest BCUT2D eigenvalue weighted by atomic mass is 10.1. The van der Waals surface area contributed by atoms with Gasteiger partial charge in [0, 0.05) is 17.5 Å². The number of aromatic nitrogens is 2. The second-order valence-corrected chi connectivity index (χ2v) is 4.78. The average molecular weight is 267 g/mol. The lowest BCUT2D eigenvalue weighted by molar-refractivity contribution is 0.882. The summed E-state index contributed by atoms with van der Waals surface area (Å²) in [6.45, 7) is 0. The Morgan fingerprint density at radius 1 is 1.35 bits per heavy atom. The van der Waals surface area contributed by atoms with E-state index in [2.05, 4.69) is 9.97 Å². The Bertz CT molecular complexity index is 565. The van der Waals surface area contributed by atoms with Crippen LogP contribution >= 0.6 is 23.4 Å². The van der Waals surface area contributed by atoms with E-state index in [1.807, 2.05) is 30.5 Å². The summed E-state index contributed by atoms with van der Waals surface area (Å²) >= 11 is 7.24. The Morgan fingerprint density at radius 2 is 2.06 bits per heavy atom. The number of hydrogen-bond donors (Lipinski definition) is 1. The second kappa shape index (κ2) is 5.38. The maximum Gasteiger partial charge on any atom is 0.251 e.